The normalized spacial score (nSPS) is 29.2. The van der Waals surface area contributed by atoms with Crippen molar-refractivity contribution in [1.82, 2.24) is 10.2 Å². The number of nitrogens with zero attached hydrogens (tertiary/aromatic N) is 1. The number of rotatable bonds is 3. The van der Waals surface area contributed by atoms with Gasteiger partial charge < -0.3 is 10.2 Å². The van der Waals surface area contributed by atoms with E-state index < -0.39 is 0 Å². The zero-order chi connectivity index (χ0) is 15.0. The predicted octanol–water partition coefficient (Wildman–Crippen LogP) is 3.18. The lowest BCUT2D eigenvalue weighted by atomic mass is 9.95. The number of fused-ring (bicyclic) bond motifs is 2. The Kier molecular flexibility index (Phi) is 4.23. The molecule has 0 saturated carbocycles. The van der Waals surface area contributed by atoms with Gasteiger partial charge in [0.05, 0.1) is 5.92 Å². The van der Waals surface area contributed by atoms with Gasteiger partial charge in [-0.25, -0.2) is 0 Å². The molecule has 2 saturated heterocycles. The molecular formula is C17H23ClN2O. The summed E-state index contributed by atoms with van der Waals surface area (Å²) in [5.74, 6) is 0.0600. The first-order valence-corrected chi connectivity index (χ1v) is 8.20. The highest BCUT2D eigenvalue weighted by Gasteiger charge is 2.37. The molecule has 3 rings (SSSR count). The van der Waals surface area contributed by atoms with Gasteiger partial charge in [-0.15, -0.1) is 0 Å². The Morgan fingerprint density at radius 3 is 2.62 bits per heavy atom. The molecule has 0 spiro atoms. The lowest BCUT2D eigenvalue weighted by Crippen LogP contribution is -2.49. The third kappa shape index (κ3) is 3.09. The second kappa shape index (κ2) is 5.98. The Morgan fingerprint density at radius 1 is 1.33 bits per heavy atom. The molecule has 2 aliphatic heterocycles. The Hall–Kier alpha value is -1.06. The van der Waals surface area contributed by atoms with Crippen molar-refractivity contribution in [3.05, 3.63) is 34.9 Å². The molecule has 2 aliphatic rings. The summed E-state index contributed by atoms with van der Waals surface area (Å²) in [7, 11) is 1.96. The molecular weight excluding hydrogens is 284 g/mol. The first-order valence-electron chi connectivity index (χ1n) is 7.83. The second-order valence-corrected chi connectivity index (χ2v) is 6.93. The first kappa shape index (κ1) is 14.9. The van der Waals surface area contributed by atoms with Crippen molar-refractivity contribution in [3.63, 3.8) is 0 Å². The van der Waals surface area contributed by atoms with Crippen LogP contribution in [0.25, 0.3) is 0 Å². The van der Waals surface area contributed by atoms with Crippen molar-refractivity contribution in [2.45, 2.75) is 56.7 Å². The van der Waals surface area contributed by atoms with Crippen LogP contribution in [-0.4, -0.2) is 36.0 Å². The number of piperidine rings is 1. The monoisotopic (exact) mass is 306 g/mol. The maximum atomic E-state index is 12.8. The van der Waals surface area contributed by atoms with Gasteiger partial charge in [-0.2, -0.15) is 0 Å². The van der Waals surface area contributed by atoms with E-state index in [1.807, 2.05) is 43.1 Å². The van der Waals surface area contributed by atoms with Crippen LogP contribution in [0.4, 0.5) is 0 Å². The fourth-order valence-corrected chi connectivity index (χ4v) is 3.95. The summed E-state index contributed by atoms with van der Waals surface area (Å²) < 4.78 is 0. The van der Waals surface area contributed by atoms with Gasteiger partial charge in [0.2, 0.25) is 5.91 Å². The first-order chi connectivity index (χ1) is 10.0. The highest BCUT2D eigenvalue weighted by Crippen LogP contribution is 2.31. The van der Waals surface area contributed by atoms with Gasteiger partial charge in [0, 0.05) is 30.2 Å². The van der Waals surface area contributed by atoms with Crippen molar-refractivity contribution in [2.24, 2.45) is 0 Å². The van der Waals surface area contributed by atoms with Gasteiger partial charge in [0.1, 0.15) is 0 Å². The van der Waals surface area contributed by atoms with Crippen LogP contribution >= 0.6 is 11.6 Å². The van der Waals surface area contributed by atoms with Gasteiger partial charge in [-0.1, -0.05) is 23.7 Å². The number of amides is 1. The van der Waals surface area contributed by atoms with E-state index in [4.69, 9.17) is 11.6 Å². The largest absolute Gasteiger partial charge is 0.342 e. The third-order valence-electron chi connectivity index (χ3n) is 5.06. The Morgan fingerprint density at radius 2 is 2.00 bits per heavy atom. The molecule has 1 amide bonds. The van der Waals surface area contributed by atoms with E-state index in [2.05, 4.69) is 5.32 Å². The minimum Gasteiger partial charge on any atom is -0.342 e. The van der Waals surface area contributed by atoms with Gasteiger partial charge in [-0.3, -0.25) is 4.79 Å². The average molecular weight is 307 g/mol. The summed E-state index contributed by atoms with van der Waals surface area (Å²) in [5.41, 5.74) is 0.997. The van der Waals surface area contributed by atoms with Crippen LogP contribution in [0.15, 0.2) is 24.3 Å². The van der Waals surface area contributed by atoms with Crippen LogP contribution in [0.3, 0.4) is 0 Å². The standard InChI is InChI=1S/C17H23ClN2O/c1-11(12-4-3-5-13(18)8-12)17(21)20(2)16-9-14-6-7-15(10-16)19-14/h3-5,8,11,14-16,19H,6-7,9-10H2,1-2H3. The van der Waals surface area contributed by atoms with Crippen molar-refractivity contribution in [2.75, 3.05) is 7.05 Å². The smallest absolute Gasteiger partial charge is 0.229 e. The van der Waals surface area contributed by atoms with E-state index >= 15 is 0 Å². The molecule has 3 nitrogen and oxygen atoms in total. The minimum atomic E-state index is -0.138. The SMILES string of the molecule is CC(C(=O)N(C)C1CC2CCC(C1)N2)c1cccc(Cl)c1. The number of likely N-dealkylation sites (N-methyl/N-ethyl adjacent to an activating group) is 1. The van der Waals surface area contributed by atoms with Crippen molar-refractivity contribution < 1.29 is 4.79 Å². The average Bonchev–Trinajstić information content (AvgIpc) is 2.83. The number of hydrogen-bond acceptors (Lipinski definition) is 2. The Bertz CT molecular complexity index is 521. The Balaban J connectivity index is 1.69. The highest BCUT2D eigenvalue weighted by molar-refractivity contribution is 6.30. The number of nitrogens with one attached hydrogen (secondary N) is 1. The van der Waals surface area contributed by atoms with E-state index in [1.165, 1.54) is 12.8 Å². The molecule has 21 heavy (non-hydrogen) atoms. The molecule has 3 atom stereocenters. The molecule has 3 unspecified atom stereocenters. The topological polar surface area (TPSA) is 32.3 Å². The van der Waals surface area contributed by atoms with Crippen molar-refractivity contribution in [3.8, 4) is 0 Å². The van der Waals surface area contributed by atoms with Crippen LogP contribution in [0, 0.1) is 0 Å². The van der Waals surface area contributed by atoms with Crippen LogP contribution in [0.1, 0.15) is 44.1 Å². The molecule has 114 valence electrons. The van der Waals surface area contributed by atoms with E-state index in [1.54, 1.807) is 0 Å². The quantitative estimate of drug-likeness (QED) is 0.930. The second-order valence-electron chi connectivity index (χ2n) is 6.49. The molecule has 0 radical (unpaired) electrons. The summed E-state index contributed by atoms with van der Waals surface area (Å²) in [4.78, 5) is 14.7. The highest BCUT2D eigenvalue weighted by atomic mass is 35.5. The molecule has 0 aromatic heterocycles. The van der Waals surface area contributed by atoms with Crippen LogP contribution in [-0.2, 0) is 4.79 Å². The van der Waals surface area contributed by atoms with Gasteiger partial charge in [0.15, 0.2) is 0 Å². The number of carbonyl (C=O) groups is 1. The maximum absolute atomic E-state index is 12.8. The zero-order valence-corrected chi connectivity index (χ0v) is 13.4. The van der Waals surface area contributed by atoms with Crippen molar-refractivity contribution in [1.29, 1.82) is 0 Å². The molecule has 2 fully saturated rings. The van der Waals surface area contributed by atoms with E-state index in [0.717, 1.165) is 18.4 Å². The van der Waals surface area contributed by atoms with Crippen LogP contribution in [0.5, 0.6) is 0 Å². The third-order valence-corrected chi connectivity index (χ3v) is 5.30. The maximum Gasteiger partial charge on any atom is 0.229 e. The van der Waals surface area contributed by atoms with E-state index in [9.17, 15) is 4.79 Å². The fourth-order valence-electron chi connectivity index (χ4n) is 3.75. The Labute approximate surface area is 131 Å². The lowest BCUT2D eigenvalue weighted by Gasteiger charge is -2.36. The number of carbonyl (C=O) groups excluding carboxylic acids is 1. The summed E-state index contributed by atoms with van der Waals surface area (Å²) in [6.07, 6.45) is 4.68. The lowest BCUT2D eigenvalue weighted by molar-refractivity contribution is -0.133. The molecule has 0 aliphatic carbocycles. The van der Waals surface area contributed by atoms with Gasteiger partial charge in [0.25, 0.3) is 0 Å². The van der Waals surface area contributed by atoms with Crippen LogP contribution < -0.4 is 5.32 Å². The van der Waals surface area contributed by atoms with Crippen LogP contribution in [0.2, 0.25) is 5.02 Å². The van der Waals surface area contributed by atoms with E-state index in [0.29, 0.717) is 23.1 Å². The molecule has 4 heteroatoms. The summed E-state index contributed by atoms with van der Waals surface area (Å²) in [6, 6.07) is 9.20. The summed E-state index contributed by atoms with van der Waals surface area (Å²) >= 11 is 6.04. The van der Waals surface area contributed by atoms with Crippen molar-refractivity contribution >= 4 is 17.5 Å². The molecule has 2 heterocycles. The number of halogens is 1. The molecule has 1 N–H and O–H groups in total. The predicted molar refractivity (Wildman–Crippen MR) is 85.6 cm³/mol. The summed E-state index contributed by atoms with van der Waals surface area (Å²) in [6.45, 7) is 1.97. The molecule has 2 bridgehead atoms. The minimum absolute atomic E-state index is 0.138. The fraction of sp³-hybridized carbons (Fsp3) is 0.588. The number of benzene rings is 1. The molecule has 1 aromatic rings. The zero-order valence-electron chi connectivity index (χ0n) is 12.7. The molecule has 1 aromatic carbocycles. The van der Waals surface area contributed by atoms with E-state index in [-0.39, 0.29) is 11.8 Å². The van der Waals surface area contributed by atoms with Gasteiger partial charge in [-0.05, 0) is 50.3 Å². The summed E-state index contributed by atoms with van der Waals surface area (Å²) in [5, 5.41) is 4.32. The van der Waals surface area contributed by atoms with Gasteiger partial charge >= 0.3 is 0 Å². The number of hydrogen-bond donors (Lipinski definition) is 1.